The molecule has 0 unspecified atom stereocenters. The zero-order valence-corrected chi connectivity index (χ0v) is 11.3. The Bertz CT molecular complexity index is 673. The highest BCUT2D eigenvalue weighted by molar-refractivity contribution is 6.32. The Morgan fingerprint density at radius 2 is 2.11 bits per heavy atom. The molecule has 0 aliphatic carbocycles. The van der Waals surface area contributed by atoms with Gasteiger partial charge in [0.15, 0.2) is 0 Å². The highest BCUT2D eigenvalue weighted by atomic mass is 35.5. The zero-order valence-electron chi connectivity index (χ0n) is 10.6. The van der Waals surface area contributed by atoms with Gasteiger partial charge in [0.25, 0.3) is 0 Å². The maximum atomic E-state index is 12.0. The van der Waals surface area contributed by atoms with Crippen molar-refractivity contribution >= 4 is 17.6 Å². The third kappa shape index (κ3) is 2.42. The van der Waals surface area contributed by atoms with E-state index in [9.17, 15) is 9.59 Å². The third-order valence-electron chi connectivity index (χ3n) is 2.71. The summed E-state index contributed by atoms with van der Waals surface area (Å²) in [5, 5.41) is 0.433. The van der Waals surface area contributed by atoms with E-state index in [0.29, 0.717) is 16.4 Å². The molecule has 100 valence electrons. The highest BCUT2D eigenvalue weighted by Gasteiger charge is 2.19. The number of H-pyrrole nitrogens is 1. The van der Waals surface area contributed by atoms with Gasteiger partial charge in [0, 0.05) is 0 Å². The first-order chi connectivity index (χ1) is 9.06. The average molecular weight is 281 g/mol. The standard InChI is InChI=1S/C13H13ClN2O3/c1-3-19-12(17)11-8(2)16(13(18)15-11)10-7-5-4-6-9(10)14/h4-7H,3H2,1-2H3,(H,15,18). The first-order valence-electron chi connectivity index (χ1n) is 5.80. The number of halogens is 1. The molecule has 0 aliphatic heterocycles. The van der Waals surface area contributed by atoms with E-state index in [2.05, 4.69) is 4.98 Å². The lowest BCUT2D eigenvalue weighted by atomic mass is 10.3. The molecule has 6 heteroatoms. The molecule has 1 aromatic heterocycles. The average Bonchev–Trinajstić information content (AvgIpc) is 2.66. The molecule has 0 fully saturated rings. The number of ether oxygens (including phenoxy) is 1. The Morgan fingerprint density at radius 1 is 1.42 bits per heavy atom. The molecule has 19 heavy (non-hydrogen) atoms. The first kappa shape index (κ1) is 13.4. The van der Waals surface area contributed by atoms with Crippen LogP contribution in [0.25, 0.3) is 5.69 Å². The van der Waals surface area contributed by atoms with Gasteiger partial charge >= 0.3 is 11.7 Å². The van der Waals surface area contributed by atoms with Crippen LogP contribution in [0.2, 0.25) is 5.02 Å². The molecular formula is C13H13ClN2O3. The number of hydrogen-bond acceptors (Lipinski definition) is 3. The normalized spacial score (nSPS) is 10.5. The summed E-state index contributed by atoms with van der Waals surface area (Å²) in [6.07, 6.45) is 0. The van der Waals surface area contributed by atoms with Crippen LogP contribution in [0, 0.1) is 6.92 Å². The van der Waals surface area contributed by atoms with Crippen LogP contribution < -0.4 is 5.69 Å². The molecule has 1 heterocycles. The number of aromatic nitrogens is 2. The van der Waals surface area contributed by atoms with Crippen LogP contribution in [0.1, 0.15) is 23.1 Å². The number of rotatable bonds is 3. The summed E-state index contributed by atoms with van der Waals surface area (Å²) in [4.78, 5) is 26.2. The van der Waals surface area contributed by atoms with Gasteiger partial charge in [0.05, 0.1) is 23.0 Å². The predicted octanol–water partition coefficient (Wildman–Crippen LogP) is 2.30. The fourth-order valence-corrected chi connectivity index (χ4v) is 2.06. The Morgan fingerprint density at radius 3 is 2.74 bits per heavy atom. The SMILES string of the molecule is CCOC(=O)c1[nH]c(=O)n(-c2ccccc2Cl)c1C. The van der Waals surface area contributed by atoms with Crippen LogP contribution in [-0.4, -0.2) is 22.1 Å². The van der Waals surface area contributed by atoms with Crippen molar-refractivity contribution in [2.24, 2.45) is 0 Å². The van der Waals surface area contributed by atoms with E-state index in [1.165, 1.54) is 4.57 Å². The van der Waals surface area contributed by atoms with Crippen molar-refractivity contribution in [3.05, 3.63) is 51.2 Å². The number of benzene rings is 1. The number of para-hydroxylation sites is 1. The van der Waals surface area contributed by atoms with E-state index >= 15 is 0 Å². The van der Waals surface area contributed by atoms with Gasteiger partial charge in [-0.2, -0.15) is 0 Å². The molecule has 5 nitrogen and oxygen atoms in total. The zero-order chi connectivity index (χ0) is 14.0. The van der Waals surface area contributed by atoms with Gasteiger partial charge in [-0.1, -0.05) is 23.7 Å². The van der Waals surface area contributed by atoms with Crippen molar-refractivity contribution in [1.82, 2.24) is 9.55 Å². The second-order valence-electron chi connectivity index (χ2n) is 3.90. The largest absolute Gasteiger partial charge is 0.461 e. The summed E-state index contributed by atoms with van der Waals surface area (Å²) in [6, 6.07) is 6.93. The molecule has 1 aromatic carbocycles. The summed E-state index contributed by atoms with van der Waals surface area (Å²) in [5.41, 5.74) is 0.718. The van der Waals surface area contributed by atoms with Gasteiger partial charge in [0.1, 0.15) is 5.69 Å². The lowest BCUT2D eigenvalue weighted by molar-refractivity contribution is 0.0519. The molecule has 0 atom stereocenters. The Hall–Kier alpha value is -2.01. The van der Waals surface area contributed by atoms with Crippen molar-refractivity contribution in [3.63, 3.8) is 0 Å². The van der Waals surface area contributed by atoms with E-state index in [0.717, 1.165) is 0 Å². The van der Waals surface area contributed by atoms with E-state index in [-0.39, 0.29) is 12.3 Å². The minimum Gasteiger partial charge on any atom is -0.461 e. The van der Waals surface area contributed by atoms with Crippen LogP contribution in [0.4, 0.5) is 0 Å². The number of carbonyl (C=O) groups is 1. The van der Waals surface area contributed by atoms with Crippen molar-refractivity contribution in [3.8, 4) is 5.69 Å². The van der Waals surface area contributed by atoms with Gasteiger partial charge in [-0.3, -0.25) is 9.55 Å². The Balaban J connectivity index is 2.58. The highest BCUT2D eigenvalue weighted by Crippen LogP contribution is 2.20. The van der Waals surface area contributed by atoms with Crippen LogP contribution in [0.3, 0.4) is 0 Å². The first-order valence-corrected chi connectivity index (χ1v) is 6.17. The quantitative estimate of drug-likeness (QED) is 0.878. The van der Waals surface area contributed by atoms with E-state index in [1.807, 2.05) is 0 Å². The molecule has 0 bridgehead atoms. The molecule has 0 aliphatic rings. The summed E-state index contributed by atoms with van der Waals surface area (Å²) < 4.78 is 6.24. The lowest BCUT2D eigenvalue weighted by Gasteiger charge is -2.06. The minimum absolute atomic E-state index is 0.145. The van der Waals surface area contributed by atoms with E-state index < -0.39 is 11.7 Å². The minimum atomic E-state index is -0.553. The van der Waals surface area contributed by atoms with Crippen LogP contribution >= 0.6 is 11.6 Å². The third-order valence-corrected chi connectivity index (χ3v) is 3.02. The molecule has 2 aromatic rings. The van der Waals surface area contributed by atoms with Crippen molar-refractivity contribution in [1.29, 1.82) is 0 Å². The van der Waals surface area contributed by atoms with Crippen molar-refractivity contribution < 1.29 is 9.53 Å². The Labute approximate surface area is 114 Å². The monoisotopic (exact) mass is 280 g/mol. The van der Waals surface area contributed by atoms with Gasteiger partial charge < -0.3 is 4.74 Å². The fraction of sp³-hybridized carbons (Fsp3) is 0.231. The van der Waals surface area contributed by atoms with E-state index in [1.54, 1.807) is 38.1 Å². The van der Waals surface area contributed by atoms with Crippen molar-refractivity contribution in [2.75, 3.05) is 6.61 Å². The molecular weight excluding hydrogens is 268 g/mol. The molecule has 0 saturated heterocycles. The van der Waals surface area contributed by atoms with Gasteiger partial charge in [-0.25, -0.2) is 9.59 Å². The van der Waals surface area contributed by atoms with Crippen LogP contribution in [0.5, 0.6) is 0 Å². The lowest BCUT2D eigenvalue weighted by Crippen LogP contribution is -2.16. The van der Waals surface area contributed by atoms with Gasteiger partial charge in [-0.15, -0.1) is 0 Å². The maximum absolute atomic E-state index is 12.0. The summed E-state index contributed by atoms with van der Waals surface area (Å²) in [7, 11) is 0. The second-order valence-corrected chi connectivity index (χ2v) is 4.31. The summed E-state index contributed by atoms with van der Waals surface area (Å²) in [6.45, 7) is 3.61. The van der Waals surface area contributed by atoms with Crippen LogP contribution in [-0.2, 0) is 4.74 Å². The van der Waals surface area contributed by atoms with Crippen LogP contribution in [0.15, 0.2) is 29.1 Å². The number of aromatic amines is 1. The van der Waals surface area contributed by atoms with Gasteiger partial charge in [-0.05, 0) is 26.0 Å². The topological polar surface area (TPSA) is 64.1 Å². The summed E-state index contributed by atoms with van der Waals surface area (Å²) in [5.74, 6) is -0.553. The molecule has 0 amide bonds. The van der Waals surface area contributed by atoms with Gasteiger partial charge in [0.2, 0.25) is 0 Å². The summed E-state index contributed by atoms with van der Waals surface area (Å²) >= 11 is 6.06. The number of nitrogens with zero attached hydrogens (tertiary/aromatic N) is 1. The number of carbonyl (C=O) groups excluding carboxylic acids is 1. The Kier molecular flexibility index (Phi) is 3.76. The predicted molar refractivity (Wildman–Crippen MR) is 72.1 cm³/mol. The van der Waals surface area contributed by atoms with Crippen molar-refractivity contribution in [2.45, 2.75) is 13.8 Å². The molecule has 1 N–H and O–H groups in total. The number of nitrogens with one attached hydrogen (secondary N) is 1. The number of imidazole rings is 1. The smallest absolute Gasteiger partial charge is 0.356 e. The molecule has 0 spiro atoms. The fourth-order valence-electron chi connectivity index (χ4n) is 1.84. The number of hydrogen-bond donors (Lipinski definition) is 1. The molecule has 0 radical (unpaired) electrons. The number of esters is 1. The maximum Gasteiger partial charge on any atom is 0.356 e. The molecule has 2 rings (SSSR count). The molecule has 0 saturated carbocycles. The second kappa shape index (κ2) is 5.32. The van der Waals surface area contributed by atoms with E-state index in [4.69, 9.17) is 16.3 Å².